The summed E-state index contributed by atoms with van der Waals surface area (Å²) in [6, 6.07) is 7.89. The number of piperazine rings is 1. The second-order valence-corrected chi connectivity index (χ2v) is 6.96. The van der Waals surface area contributed by atoms with Crippen LogP contribution in [0.1, 0.15) is 25.6 Å². The molecule has 7 nitrogen and oxygen atoms in total. The molecule has 0 unspecified atom stereocenters. The fourth-order valence-corrected chi connectivity index (χ4v) is 3.65. The summed E-state index contributed by atoms with van der Waals surface area (Å²) in [5.41, 5.74) is 1.90. The number of benzene rings is 1. The molecule has 2 aliphatic rings. The Kier molecular flexibility index (Phi) is 3.86. The van der Waals surface area contributed by atoms with Crippen LogP contribution >= 0.6 is 0 Å². The van der Waals surface area contributed by atoms with E-state index < -0.39 is 0 Å². The minimum Gasteiger partial charge on any atom is -0.447 e. The van der Waals surface area contributed by atoms with Gasteiger partial charge < -0.3 is 14.2 Å². The maximum atomic E-state index is 12.9. The third-order valence-corrected chi connectivity index (χ3v) is 4.96. The molecule has 0 aliphatic carbocycles. The molecule has 2 amide bonds. The highest BCUT2D eigenvalue weighted by molar-refractivity contribution is 5.81. The van der Waals surface area contributed by atoms with E-state index in [1.54, 1.807) is 4.90 Å². The predicted octanol–water partition coefficient (Wildman–Crippen LogP) is 1.82. The van der Waals surface area contributed by atoms with E-state index in [1.807, 2.05) is 33.7 Å². The first-order valence-corrected chi connectivity index (χ1v) is 8.71. The predicted molar refractivity (Wildman–Crippen MR) is 92.2 cm³/mol. The average Bonchev–Trinajstić information content (AvgIpc) is 3.16. The summed E-state index contributed by atoms with van der Waals surface area (Å²) in [6.45, 7) is 6.44. The maximum absolute atomic E-state index is 12.9. The van der Waals surface area contributed by atoms with E-state index >= 15 is 0 Å². The Morgan fingerprint density at radius 2 is 2.12 bits per heavy atom. The first-order chi connectivity index (χ1) is 12.0. The molecule has 132 valence electrons. The average molecular weight is 342 g/mol. The van der Waals surface area contributed by atoms with Crippen LogP contribution in [0.3, 0.4) is 0 Å². The first kappa shape index (κ1) is 15.9. The molecule has 7 heteroatoms. The van der Waals surface area contributed by atoms with E-state index in [2.05, 4.69) is 13.8 Å². The van der Waals surface area contributed by atoms with Gasteiger partial charge >= 0.3 is 6.09 Å². The molecule has 2 saturated heterocycles. The van der Waals surface area contributed by atoms with Crippen molar-refractivity contribution in [3.8, 4) is 0 Å². The zero-order valence-corrected chi connectivity index (χ0v) is 14.5. The van der Waals surface area contributed by atoms with Gasteiger partial charge in [0.15, 0.2) is 0 Å². The number of ether oxygens (including phenoxy) is 1. The highest BCUT2D eigenvalue weighted by Gasteiger charge is 2.38. The fourth-order valence-electron chi connectivity index (χ4n) is 3.65. The van der Waals surface area contributed by atoms with Gasteiger partial charge in [-0.05, 0) is 12.1 Å². The Morgan fingerprint density at radius 3 is 2.92 bits per heavy atom. The van der Waals surface area contributed by atoms with Gasteiger partial charge in [0.25, 0.3) is 0 Å². The van der Waals surface area contributed by atoms with Gasteiger partial charge in [-0.1, -0.05) is 26.0 Å². The largest absolute Gasteiger partial charge is 0.447 e. The lowest BCUT2D eigenvalue weighted by Gasteiger charge is -2.35. The van der Waals surface area contributed by atoms with Crippen LogP contribution in [0.4, 0.5) is 4.79 Å². The van der Waals surface area contributed by atoms with Crippen LogP contribution in [0.15, 0.2) is 24.3 Å². The summed E-state index contributed by atoms with van der Waals surface area (Å²) in [6.07, 6.45) is -0.264. The number of carbonyl (C=O) groups is 2. The van der Waals surface area contributed by atoms with Gasteiger partial charge in [0.05, 0.1) is 17.1 Å². The van der Waals surface area contributed by atoms with Gasteiger partial charge in [-0.2, -0.15) is 0 Å². The number of cyclic esters (lactones) is 1. The van der Waals surface area contributed by atoms with E-state index in [0.29, 0.717) is 26.2 Å². The van der Waals surface area contributed by atoms with Crippen LogP contribution in [0.2, 0.25) is 0 Å². The summed E-state index contributed by atoms with van der Waals surface area (Å²) < 4.78 is 7.09. The number of fused-ring (bicyclic) bond motifs is 2. The molecule has 3 heterocycles. The zero-order chi connectivity index (χ0) is 17.6. The highest BCUT2D eigenvalue weighted by Crippen LogP contribution is 2.23. The van der Waals surface area contributed by atoms with E-state index in [0.717, 1.165) is 16.9 Å². The lowest BCUT2D eigenvalue weighted by atomic mass is 10.2. The summed E-state index contributed by atoms with van der Waals surface area (Å²) in [7, 11) is 0. The monoisotopic (exact) mass is 342 g/mol. The van der Waals surface area contributed by atoms with E-state index in [4.69, 9.17) is 9.72 Å². The molecule has 0 bridgehead atoms. The van der Waals surface area contributed by atoms with Gasteiger partial charge in [0.2, 0.25) is 5.91 Å². The fraction of sp³-hybridized carbons (Fsp3) is 0.500. The van der Waals surface area contributed by atoms with Crippen molar-refractivity contribution in [1.82, 2.24) is 19.4 Å². The molecule has 0 N–H and O–H groups in total. The Hall–Kier alpha value is -2.57. The second kappa shape index (κ2) is 6.06. The molecule has 25 heavy (non-hydrogen) atoms. The van der Waals surface area contributed by atoms with Crippen molar-refractivity contribution in [3.63, 3.8) is 0 Å². The molecular formula is C18H22N4O3. The quantitative estimate of drug-likeness (QED) is 0.853. The summed E-state index contributed by atoms with van der Waals surface area (Å²) in [5.74, 6) is 1.22. The smallest absolute Gasteiger partial charge is 0.410 e. The van der Waals surface area contributed by atoms with Crippen LogP contribution in [0.25, 0.3) is 11.0 Å². The van der Waals surface area contributed by atoms with Gasteiger partial charge in [0, 0.05) is 25.6 Å². The number of aromatic nitrogens is 2. The molecular weight excluding hydrogens is 320 g/mol. The number of para-hydroxylation sites is 2. The van der Waals surface area contributed by atoms with Gasteiger partial charge in [-0.25, -0.2) is 9.78 Å². The van der Waals surface area contributed by atoms with Gasteiger partial charge in [-0.3, -0.25) is 9.69 Å². The van der Waals surface area contributed by atoms with Crippen LogP contribution < -0.4 is 0 Å². The normalized spacial score (nSPS) is 20.3. The third-order valence-electron chi connectivity index (χ3n) is 4.96. The van der Waals surface area contributed by atoms with E-state index in [9.17, 15) is 9.59 Å². The number of hydrogen-bond donors (Lipinski definition) is 0. The molecule has 2 aromatic rings. The van der Waals surface area contributed by atoms with Crippen LogP contribution in [0, 0.1) is 0 Å². The molecule has 1 aromatic heterocycles. The lowest BCUT2D eigenvalue weighted by molar-refractivity contribution is -0.134. The summed E-state index contributed by atoms with van der Waals surface area (Å²) in [5, 5.41) is 0. The Labute approximate surface area is 146 Å². The number of imidazole rings is 1. The maximum Gasteiger partial charge on any atom is 0.410 e. The molecule has 0 saturated carbocycles. The van der Waals surface area contributed by atoms with E-state index in [1.165, 1.54) is 0 Å². The summed E-state index contributed by atoms with van der Waals surface area (Å²) >= 11 is 0. The number of hydrogen-bond acceptors (Lipinski definition) is 4. The molecule has 2 fully saturated rings. The lowest BCUT2D eigenvalue weighted by Crippen LogP contribution is -2.54. The first-order valence-electron chi connectivity index (χ1n) is 8.71. The number of carbonyl (C=O) groups excluding carboxylic acids is 2. The molecule has 1 atom stereocenters. The Morgan fingerprint density at radius 1 is 1.32 bits per heavy atom. The van der Waals surface area contributed by atoms with Gasteiger partial charge in [-0.15, -0.1) is 0 Å². The standard InChI is InChI=1S/C18H22N4O3/c1-12(2)17-19-14-5-3-4-6-15(14)22(17)10-16(23)20-7-8-21-13(9-20)11-25-18(21)24/h3-6,12-13H,7-11H2,1-2H3/t13-/m1/s1. The van der Waals surface area contributed by atoms with Crippen molar-refractivity contribution in [2.24, 2.45) is 0 Å². The van der Waals surface area contributed by atoms with Crippen LogP contribution in [-0.2, 0) is 16.1 Å². The van der Waals surface area contributed by atoms with Crippen molar-refractivity contribution in [3.05, 3.63) is 30.1 Å². The van der Waals surface area contributed by atoms with Crippen LogP contribution in [0.5, 0.6) is 0 Å². The third kappa shape index (κ3) is 2.73. The van der Waals surface area contributed by atoms with Crippen molar-refractivity contribution < 1.29 is 14.3 Å². The van der Waals surface area contributed by atoms with Crippen molar-refractivity contribution in [2.75, 3.05) is 26.2 Å². The molecule has 0 spiro atoms. The SMILES string of the molecule is CC(C)c1nc2ccccc2n1CC(=O)N1CCN2C(=O)OC[C@H]2C1. The zero-order valence-electron chi connectivity index (χ0n) is 14.5. The minimum absolute atomic E-state index is 0.0192. The van der Waals surface area contributed by atoms with Crippen molar-refractivity contribution >= 4 is 23.0 Å². The van der Waals surface area contributed by atoms with Crippen molar-refractivity contribution in [2.45, 2.75) is 32.4 Å². The number of rotatable bonds is 3. The molecule has 0 radical (unpaired) electrons. The minimum atomic E-state index is -0.264. The number of nitrogens with zero attached hydrogens (tertiary/aromatic N) is 4. The highest BCUT2D eigenvalue weighted by atomic mass is 16.6. The number of amides is 2. The second-order valence-electron chi connectivity index (χ2n) is 6.96. The van der Waals surface area contributed by atoms with Crippen LogP contribution in [-0.4, -0.2) is 63.6 Å². The van der Waals surface area contributed by atoms with Crippen molar-refractivity contribution in [1.29, 1.82) is 0 Å². The molecule has 4 rings (SSSR count). The molecule has 1 aromatic carbocycles. The molecule has 2 aliphatic heterocycles. The van der Waals surface area contributed by atoms with E-state index in [-0.39, 0.29) is 30.5 Å². The Bertz CT molecular complexity index is 829. The Balaban J connectivity index is 1.56. The van der Waals surface area contributed by atoms with Gasteiger partial charge in [0.1, 0.15) is 19.0 Å². The summed E-state index contributed by atoms with van der Waals surface area (Å²) in [4.78, 5) is 32.7. The topological polar surface area (TPSA) is 67.7 Å².